The number of piperidine rings is 1. The largest absolute Gasteiger partial charge is 0.444 e. The van der Waals surface area contributed by atoms with Gasteiger partial charge in [0.15, 0.2) is 11.0 Å². The molecule has 0 bridgehead atoms. The Morgan fingerprint density at radius 3 is 2.54 bits per heavy atom. The number of carbonyl (C=O) groups excluding carboxylic acids is 1. The first kappa shape index (κ1) is 18.4. The topological polar surface area (TPSA) is 85.6 Å². The van der Waals surface area contributed by atoms with Crippen molar-refractivity contribution >= 4 is 23.4 Å². The normalized spacial score (nSPS) is 16.1. The quantitative estimate of drug-likeness (QED) is 0.454. The lowest BCUT2D eigenvalue weighted by molar-refractivity contribution is -0.386. The molecule has 0 spiro atoms. The van der Waals surface area contributed by atoms with E-state index in [1.807, 2.05) is 0 Å². The van der Waals surface area contributed by atoms with Crippen LogP contribution in [-0.4, -0.2) is 39.6 Å². The van der Waals surface area contributed by atoms with E-state index in [1.54, 1.807) is 25.7 Å². The number of pyridine rings is 1. The minimum atomic E-state index is -0.918. The number of rotatable bonds is 2. The van der Waals surface area contributed by atoms with E-state index in [0.717, 1.165) is 6.07 Å². The molecule has 1 fully saturated rings. The predicted molar refractivity (Wildman–Crippen MR) is 85.6 cm³/mol. The summed E-state index contributed by atoms with van der Waals surface area (Å²) >= 11 is 5.67. The van der Waals surface area contributed by atoms with Crippen LogP contribution in [-0.2, 0) is 4.74 Å². The van der Waals surface area contributed by atoms with Crippen molar-refractivity contribution in [1.82, 2.24) is 9.88 Å². The van der Waals surface area contributed by atoms with E-state index >= 15 is 0 Å². The summed E-state index contributed by atoms with van der Waals surface area (Å²) < 4.78 is 18.8. The summed E-state index contributed by atoms with van der Waals surface area (Å²) in [5.74, 6) is -1.18. The summed E-state index contributed by atoms with van der Waals surface area (Å²) in [4.78, 5) is 27.9. The summed E-state index contributed by atoms with van der Waals surface area (Å²) in [6, 6.07) is 0.797. The van der Waals surface area contributed by atoms with Gasteiger partial charge in [0.25, 0.3) is 5.69 Å². The van der Waals surface area contributed by atoms with Crippen molar-refractivity contribution in [3.63, 3.8) is 0 Å². The zero-order valence-corrected chi connectivity index (χ0v) is 14.5. The minimum Gasteiger partial charge on any atom is -0.444 e. The molecule has 0 radical (unpaired) electrons. The highest BCUT2D eigenvalue weighted by molar-refractivity contribution is 6.29. The maximum absolute atomic E-state index is 13.4. The standard InChI is InChI=1S/C15H19ClFN3O4/c1-15(2,3)24-14(21)19-6-4-9(5-7-19)12-11(20(22)23)8-10(17)13(16)18-12/h8-9H,4-7H2,1-3H3. The van der Waals surface area contributed by atoms with Gasteiger partial charge in [-0.25, -0.2) is 14.2 Å². The first-order valence-electron chi connectivity index (χ1n) is 7.56. The van der Waals surface area contributed by atoms with Crippen LogP contribution in [0.1, 0.15) is 45.2 Å². The van der Waals surface area contributed by atoms with Crippen molar-refractivity contribution in [2.75, 3.05) is 13.1 Å². The van der Waals surface area contributed by atoms with Crippen LogP contribution in [0.2, 0.25) is 5.15 Å². The molecule has 1 aromatic rings. The van der Waals surface area contributed by atoms with Crippen molar-refractivity contribution < 1.29 is 18.8 Å². The van der Waals surface area contributed by atoms with Crippen molar-refractivity contribution in [1.29, 1.82) is 0 Å². The number of likely N-dealkylation sites (tertiary alicyclic amines) is 1. The lowest BCUT2D eigenvalue weighted by Gasteiger charge is -2.33. The molecule has 132 valence electrons. The lowest BCUT2D eigenvalue weighted by Crippen LogP contribution is -2.41. The molecule has 2 heterocycles. The number of hydrogen-bond acceptors (Lipinski definition) is 5. The van der Waals surface area contributed by atoms with E-state index < -0.39 is 22.4 Å². The molecule has 24 heavy (non-hydrogen) atoms. The third kappa shape index (κ3) is 4.31. The molecule has 2 rings (SSSR count). The molecule has 0 unspecified atom stereocenters. The van der Waals surface area contributed by atoms with E-state index in [9.17, 15) is 19.3 Å². The Hall–Kier alpha value is -1.96. The van der Waals surface area contributed by atoms with E-state index in [2.05, 4.69) is 4.98 Å². The third-order valence-electron chi connectivity index (χ3n) is 3.67. The first-order chi connectivity index (χ1) is 11.1. The molecule has 0 saturated carbocycles. The van der Waals surface area contributed by atoms with Gasteiger partial charge in [-0.1, -0.05) is 11.6 Å². The molecule has 0 atom stereocenters. The summed E-state index contributed by atoms with van der Waals surface area (Å²) in [7, 11) is 0. The number of nitro groups is 1. The van der Waals surface area contributed by atoms with Gasteiger partial charge in [0, 0.05) is 19.0 Å². The van der Waals surface area contributed by atoms with E-state index in [-0.39, 0.29) is 22.5 Å². The van der Waals surface area contributed by atoms with E-state index in [0.29, 0.717) is 25.9 Å². The van der Waals surface area contributed by atoms with Crippen LogP contribution in [0.25, 0.3) is 0 Å². The zero-order chi connectivity index (χ0) is 18.1. The van der Waals surface area contributed by atoms with Gasteiger partial charge in [0.1, 0.15) is 11.3 Å². The molecular weight excluding hydrogens is 341 g/mol. The molecule has 9 heteroatoms. The van der Waals surface area contributed by atoms with Crippen LogP contribution < -0.4 is 0 Å². The monoisotopic (exact) mass is 359 g/mol. The van der Waals surface area contributed by atoms with Crippen LogP contribution >= 0.6 is 11.6 Å². The average Bonchev–Trinajstić information content (AvgIpc) is 2.48. The Bertz CT molecular complexity index is 655. The second kappa shape index (κ2) is 6.88. The number of amides is 1. The van der Waals surface area contributed by atoms with Gasteiger partial charge >= 0.3 is 6.09 Å². The fraction of sp³-hybridized carbons (Fsp3) is 0.600. The number of halogens is 2. The summed E-state index contributed by atoms with van der Waals surface area (Å²) in [6.45, 7) is 6.11. The van der Waals surface area contributed by atoms with Gasteiger partial charge in [-0.15, -0.1) is 0 Å². The maximum Gasteiger partial charge on any atom is 0.410 e. The molecule has 1 saturated heterocycles. The van der Waals surface area contributed by atoms with E-state index in [1.165, 1.54) is 0 Å². The average molecular weight is 360 g/mol. The zero-order valence-electron chi connectivity index (χ0n) is 13.7. The molecule has 1 aliphatic rings. The van der Waals surface area contributed by atoms with Gasteiger partial charge in [-0.3, -0.25) is 10.1 Å². The van der Waals surface area contributed by atoms with Crippen molar-refractivity contribution in [3.05, 3.63) is 32.8 Å². The lowest BCUT2D eigenvalue weighted by atomic mass is 9.92. The van der Waals surface area contributed by atoms with E-state index in [4.69, 9.17) is 16.3 Å². The second-order valence-corrected chi connectivity index (χ2v) is 7.02. The Kier molecular flexibility index (Phi) is 5.27. The maximum atomic E-state index is 13.4. The van der Waals surface area contributed by atoms with Gasteiger partial charge in [-0.05, 0) is 33.6 Å². The highest BCUT2D eigenvalue weighted by Crippen LogP contribution is 2.35. The number of carbonyl (C=O) groups is 1. The molecule has 0 N–H and O–H groups in total. The Morgan fingerprint density at radius 2 is 2.04 bits per heavy atom. The van der Waals surface area contributed by atoms with Gasteiger partial charge in [0.2, 0.25) is 0 Å². The summed E-state index contributed by atoms with van der Waals surface area (Å²) in [5.41, 5.74) is -0.804. The fourth-order valence-corrected chi connectivity index (χ4v) is 2.72. The van der Waals surface area contributed by atoms with Crippen LogP contribution in [0.4, 0.5) is 14.9 Å². The minimum absolute atomic E-state index is 0.162. The molecular formula is C15H19ClFN3O4. The number of aromatic nitrogens is 1. The van der Waals surface area contributed by atoms with Crippen molar-refractivity contribution in [2.45, 2.75) is 45.1 Å². The Balaban J connectivity index is 2.11. The molecule has 0 aromatic carbocycles. The van der Waals surface area contributed by atoms with Gasteiger partial charge < -0.3 is 9.64 Å². The number of nitrogens with zero attached hydrogens (tertiary/aromatic N) is 3. The van der Waals surface area contributed by atoms with Crippen molar-refractivity contribution in [2.24, 2.45) is 0 Å². The smallest absolute Gasteiger partial charge is 0.410 e. The first-order valence-corrected chi connectivity index (χ1v) is 7.94. The van der Waals surface area contributed by atoms with Gasteiger partial charge in [0.05, 0.1) is 11.0 Å². The highest BCUT2D eigenvalue weighted by Gasteiger charge is 2.32. The fourth-order valence-electron chi connectivity index (χ4n) is 2.58. The molecule has 7 nitrogen and oxygen atoms in total. The SMILES string of the molecule is CC(C)(C)OC(=O)N1CCC(c2nc(Cl)c(F)cc2[N+](=O)[O-])CC1. The van der Waals surface area contributed by atoms with Gasteiger partial charge in [-0.2, -0.15) is 0 Å². The molecule has 1 amide bonds. The Labute approximate surface area is 143 Å². The van der Waals surface area contributed by atoms with Crippen LogP contribution in [0, 0.1) is 15.9 Å². The Morgan fingerprint density at radius 1 is 1.46 bits per heavy atom. The summed E-state index contributed by atoms with van der Waals surface area (Å²) in [5, 5.41) is 10.7. The van der Waals surface area contributed by atoms with Crippen LogP contribution in [0.5, 0.6) is 0 Å². The molecule has 1 aliphatic heterocycles. The third-order valence-corrected chi connectivity index (χ3v) is 3.94. The van der Waals surface area contributed by atoms with Crippen LogP contribution in [0.3, 0.4) is 0 Å². The van der Waals surface area contributed by atoms with Crippen LogP contribution in [0.15, 0.2) is 6.07 Å². The predicted octanol–water partition coefficient (Wildman–Crippen LogP) is 3.90. The number of ether oxygens (including phenoxy) is 1. The highest BCUT2D eigenvalue weighted by atomic mass is 35.5. The molecule has 1 aromatic heterocycles. The number of hydrogen-bond donors (Lipinski definition) is 0. The summed E-state index contributed by atoms with van der Waals surface area (Å²) in [6.07, 6.45) is 0.518. The van der Waals surface area contributed by atoms with Crippen molar-refractivity contribution in [3.8, 4) is 0 Å². The second-order valence-electron chi connectivity index (χ2n) is 6.66. The molecule has 0 aliphatic carbocycles.